The maximum absolute atomic E-state index is 12.3. The van der Waals surface area contributed by atoms with Crippen LogP contribution in [0.2, 0.25) is 5.02 Å². The molecule has 0 saturated carbocycles. The van der Waals surface area contributed by atoms with Crippen molar-refractivity contribution in [1.29, 1.82) is 0 Å². The molecule has 2 heterocycles. The lowest BCUT2D eigenvalue weighted by Gasteiger charge is -2.09. The summed E-state index contributed by atoms with van der Waals surface area (Å²) in [5, 5.41) is 0.790. The van der Waals surface area contributed by atoms with E-state index in [-0.39, 0.29) is 29.3 Å². The summed E-state index contributed by atoms with van der Waals surface area (Å²) in [7, 11) is 0. The summed E-state index contributed by atoms with van der Waals surface area (Å²) in [6, 6.07) is 8.35. The number of halogens is 1. The number of nitrogens with one attached hydrogen (secondary N) is 1. The second-order valence-corrected chi connectivity index (χ2v) is 5.37. The average molecular weight is 345 g/mol. The number of hydrogen-bond acceptors (Lipinski definition) is 6. The molecule has 0 amide bonds. The van der Waals surface area contributed by atoms with Crippen LogP contribution >= 0.6 is 11.6 Å². The minimum absolute atomic E-state index is 0.0480. The van der Waals surface area contributed by atoms with Crippen LogP contribution in [0.1, 0.15) is 17.4 Å². The normalized spacial score (nSPS) is 10.8. The Bertz CT molecular complexity index is 983. The van der Waals surface area contributed by atoms with Crippen LogP contribution in [0, 0.1) is 0 Å². The molecule has 122 valence electrons. The van der Waals surface area contributed by atoms with Crippen LogP contribution in [-0.4, -0.2) is 27.5 Å². The summed E-state index contributed by atoms with van der Waals surface area (Å²) in [4.78, 5) is 34.9. The quantitative estimate of drug-likeness (QED) is 0.706. The van der Waals surface area contributed by atoms with Crippen LogP contribution in [0.25, 0.3) is 22.2 Å². The van der Waals surface area contributed by atoms with Gasteiger partial charge in [-0.1, -0.05) is 23.7 Å². The molecule has 0 aliphatic rings. The average Bonchev–Trinajstić information content (AvgIpc) is 2.54. The highest BCUT2D eigenvalue weighted by molar-refractivity contribution is 6.30. The fourth-order valence-corrected chi connectivity index (χ4v) is 2.45. The maximum atomic E-state index is 12.3. The second-order valence-electron chi connectivity index (χ2n) is 4.93. The lowest BCUT2D eigenvalue weighted by Crippen LogP contribution is -2.15. The number of rotatable bonds is 3. The third-order valence-corrected chi connectivity index (χ3v) is 3.59. The minimum atomic E-state index is -0.602. The maximum Gasteiger partial charge on any atom is 0.357 e. The molecule has 0 saturated heterocycles. The summed E-state index contributed by atoms with van der Waals surface area (Å²) in [5.41, 5.74) is 6.45. The third-order valence-electron chi connectivity index (χ3n) is 3.34. The van der Waals surface area contributed by atoms with E-state index in [1.54, 1.807) is 31.2 Å². The first-order valence-electron chi connectivity index (χ1n) is 7.13. The standard InChI is InChI=1S/C16H13ClN4O3/c1-2-24-15(23)11-7-10(8-3-5-9(17)6-4-8)12-13(19-11)20-16(18)21-14(12)22/h3-7H,2H2,1H3,(H3,18,19,20,21,22). The van der Waals surface area contributed by atoms with Crippen molar-refractivity contribution in [2.75, 3.05) is 12.3 Å². The molecular formula is C16H13ClN4O3. The SMILES string of the molecule is CCOC(=O)c1cc(-c2ccc(Cl)cc2)c2c(=O)[nH]c(N)nc2n1. The number of H-pyrrole nitrogens is 1. The first-order valence-corrected chi connectivity index (χ1v) is 7.51. The van der Waals surface area contributed by atoms with E-state index in [0.29, 0.717) is 16.1 Å². The van der Waals surface area contributed by atoms with Gasteiger partial charge >= 0.3 is 5.97 Å². The highest BCUT2D eigenvalue weighted by Crippen LogP contribution is 2.27. The molecule has 24 heavy (non-hydrogen) atoms. The molecule has 3 N–H and O–H groups in total. The van der Waals surface area contributed by atoms with Crippen molar-refractivity contribution in [3.8, 4) is 11.1 Å². The Morgan fingerprint density at radius 3 is 2.67 bits per heavy atom. The number of benzene rings is 1. The Balaban J connectivity index is 2.33. The lowest BCUT2D eigenvalue weighted by atomic mass is 10.0. The lowest BCUT2D eigenvalue weighted by molar-refractivity contribution is 0.0520. The van der Waals surface area contributed by atoms with Crippen molar-refractivity contribution in [3.63, 3.8) is 0 Å². The summed E-state index contributed by atoms with van der Waals surface area (Å²) in [6.45, 7) is 1.90. The van der Waals surface area contributed by atoms with Crippen LogP contribution in [0.15, 0.2) is 35.1 Å². The zero-order chi connectivity index (χ0) is 17.3. The molecule has 0 aliphatic carbocycles. The van der Waals surface area contributed by atoms with Crippen molar-refractivity contribution < 1.29 is 9.53 Å². The van der Waals surface area contributed by atoms with E-state index < -0.39 is 11.5 Å². The van der Waals surface area contributed by atoms with Gasteiger partial charge in [0.1, 0.15) is 0 Å². The van der Waals surface area contributed by atoms with E-state index in [1.807, 2.05) is 0 Å². The number of nitrogens with two attached hydrogens (primary N) is 1. The first kappa shape index (κ1) is 15.9. The molecule has 0 unspecified atom stereocenters. The number of aromatic nitrogens is 3. The van der Waals surface area contributed by atoms with Gasteiger partial charge < -0.3 is 10.5 Å². The van der Waals surface area contributed by atoms with Gasteiger partial charge in [-0.3, -0.25) is 9.78 Å². The topological polar surface area (TPSA) is 111 Å². The number of fused-ring (bicyclic) bond motifs is 1. The fraction of sp³-hybridized carbons (Fsp3) is 0.125. The molecule has 3 rings (SSSR count). The number of hydrogen-bond donors (Lipinski definition) is 2. The fourth-order valence-electron chi connectivity index (χ4n) is 2.32. The first-order chi connectivity index (χ1) is 11.5. The van der Waals surface area contributed by atoms with E-state index in [9.17, 15) is 9.59 Å². The molecule has 3 aromatic rings. The van der Waals surface area contributed by atoms with E-state index in [0.717, 1.165) is 0 Å². The van der Waals surface area contributed by atoms with Gasteiger partial charge in [0.25, 0.3) is 5.56 Å². The Morgan fingerprint density at radius 1 is 1.29 bits per heavy atom. The van der Waals surface area contributed by atoms with Crippen molar-refractivity contribution in [2.24, 2.45) is 0 Å². The third kappa shape index (κ3) is 2.93. The van der Waals surface area contributed by atoms with Crippen LogP contribution in [0.5, 0.6) is 0 Å². The molecular weight excluding hydrogens is 332 g/mol. The van der Waals surface area contributed by atoms with Gasteiger partial charge in [0, 0.05) is 10.6 Å². The smallest absolute Gasteiger partial charge is 0.357 e. The van der Waals surface area contributed by atoms with Crippen LogP contribution in [0.3, 0.4) is 0 Å². The number of anilines is 1. The largest absolute Gasteiger partial charge is 0.461 e. The number of nitrogens with zero attached hydrogens (tertiary/aromatic N) is 2. The molecule has 1 aromatic carbocycles. The zero-order valence-electron chi connectivity index (χ0n) is 12.7. The van der Waals surface area contributed by atoms with Crippen molar-refractivity contribution in [1.82, 2.24) is 15.0 Å². The number of ether oxygens (including phenoxy) is 1. The summed E-state index contributed by atoms with van der Waals surface area (Å²) >= 11 is 5.91. The molecule has 7 nitrogen and oxygen atoms in total. The number of carbonyl (C=O) groups excluding carboxylic acids is 1. The number of aromatic amines is 1. The van der Waals surface area contributed by atoms with Gasteiger partial charge in [0.2, 0.25) is 5.95 Å². The molecule has 0 bridgehead atoms. The predicted octanol–water partition coefficient (Wildman–Crippen LogP) is 2.40. The number of pyridine rings is 1. The van der Waals surface area contributed by atoms with Gasteiger partial charge in [-0.15, -0.1) is 0 Å². The van der Waals surface area contributed by atoms with E-state index in [4.69, 9.17) is 22.1 Å². The number of carbonyl (C=O) groups is 1. The summed E-state index contributed by atoms with van der Waals surface area (Å²) in [6.07, 6.45) is 0. The van der Waals surface area contributed by atoms with Crippen molar-refractivity contribution >= 4 is 34.6 Å². The highest BCUT2D eigenvalue weighted by Gasteiger charge is 2.17. The Labute approximate surface area is 141 Å². The number of nitrogen functional groups attached to an aromatic ring is 1. The van der Waals surface area contributed by atoms with Crippen molar-refractivity contribution in [3.05, 3.63) is 51.4 Å². The van der Waals surface area contributed by atoms with Crippen LogP contribution in [0.4, 0.5) is 5.95 Å². The molecule has 2 aromatic heterocycles. The molecule has 0 spiro atoms. The molecule has 0 fully saturated rings. The summed E-state index contributed by atoms with van der Waals surface area (Å²) < 4.78 is 4.98. The van der Waals surface area contributed by atoms with Crippen LogP contribution in [-0.2, 0) is 4.74 Å². The van der Waals surface area contributed by atoms with Gasteiger partial charge in [-0.05, 0) is 30.7 Å². The monoisotopic (exact) mass is 344 g/mol. The van der Waals surface area contributed by atoms with Gasteiger partial charge in [0.15, 0.2) is 11.3 Å². The predicted molar refractivity (Wildman–Crippen MR) is 91.0 cm³/mol. The van der Waals surface area contributed by atoms with E-state index >= 15 is 0 Å². The Hall–Kier alpha value is -2.93. The number of esters is 1. The van der Waals surface area contributed by atoms with E-state index in [2.05, 4.69) is 15.0 Å². The molecule has 8 heteroatoms. The van der Waals surface area contributed by atoms with Crippen molar-refractivity contribution in [2.45, 2.75) is 6.92 Å². The zero-order valence-corrected chi connectivity index (χ0v) is 13.4. The highest BCUT2D eigenvalue weighted by atomic mass is 35.5. The Kier molecular flexibility index (Phi) is 4.18. The van der Waals surface area contributed by atoms with Gasteiger partial charge in [0.05, 0.1) is 12.0 Å². The van der Waals surface area contributed by atoms with Gasteiger partial charge in [-0.25, -0.2) is 9.78 Å². The Morgan fingerprint density at radius 2 is 2.00 bits per heavy atom. The minimum Gasteiger partial charge on any atom is -0.461 e. The van der Waals surface area contributed by atoms with E-state index in [1.165, 1.54) is 6.07 Å². The van der Waals surface area contributed by atoms with Gasteiger partial charge in [-0.2, -0.15) is 4.98 Å². The molecule has 0 atom stereocenters. The molecule has 0 aliphatic heterocycles. The summed E-state index contributed by atoms with van der Waals surface area (Å²) in [5.74, 6) is -0.682. The second kappa shape index (κ2) is 6.29. The molecule has 0 radical (unpaired) electrons. The van der Waals surface area contributed by atoms with Crippen LogP contribution < -0.4 is 11.3 Å².